The topological polar surface area (TPSA) is 42.0 Å². The summed E-state index contributed by atoms with van der Waals surface area (Å²) in [6.07, 6.45) is 2.20. The molecule has 0 radical (unpaired) electrons. The van der Waals surface area contributed by atoms with E-state index in [1.807, 2.05) is 43.3 Å². The van der Waals surface area contributed by atoms with Crippen LogP contribution in [0.4, 0.5) is 5.82 Å². The molecule has 2 heterocycles. The maximum Gasteiger partial charge on any atom is 0.196 e. The number of unbranched alkanes of at least 4 members (excludes halogenated alkanes) is 1. The van der Waals surface area contributed by atoms with Crippen molar-refractivity contribution in [2.45, 2.75) is 26.7 Å². The predicted octanol–water partition coefficient (Wildman–Crippen LogP) is 5.48. The van der Waals surface area contributed by atoms with Crippen molar-refractivity contribution in [3.05, 3.63) is 58.3 Å². The Kier molecular flexibility index (Phi) is 4.14. The summed E-state index contributed by atoms with van der Waals surface area (Å²) in [6.45, 7) is 5.06. The Bertz CT molecular complexity index is 1150. The van der Waals surface area contributed by atoms with Crippen molar-refractivity contribution in [3.63, 3.8) is 0 Å². The van der Waals surface area contributed by atoms with E-state index in [1.165, 1.54) is 0 Å². The van der Waals surface area contributed by atoms with Crippen LogP contribution in [0.15, 0.2) is 47.3 Å². The first kappa shape index (κ1) is 16.0. The van der Waals surface area contributed by atoms with E-state index in [-0.39, 0.29) is 5.43 Å². The fourth-order valence-corrected chi connectivity index (χ4v) is 4.31. The lowest BCUT2D eigenvalue weighted by Crippen LogP contribution is -2.08. The minimum atomic E-state index is 0.101. The molecule has 0 unspecified atom stereocenters. The SMILES string of the molecule is CCCCNc1nc2ccccc2c2c(=O)c3cc(C)ccc3sc12. The molecule has 4 rings (SSSR count). The largest absolute Gasteiger partial charge is 0.369 e. The average molecular weight is 348 g/mol. The molecule has 0 aliphatic rings. The Morgan fingerprint density at radius 1 is 1.12 bits per heavy atom. The van der Waals surface area contributed by atoms with Crippen LogP contribution in [-0.4, -0.2) is 11.5 Å². The second-order valence-electron chi connectivity index (χ2n) is 6.39. The van der Waals surface area contributed by atoms with Gasteiger partial charge in [0.15, 0.2) is 5.43 Å². The van der Waals surface area contributed by atoms with Crippen LogP contribution in [0.25, 0.3) is 31.1 Å². The summed E-state index contributed by atoms with van der Waals surface area (Å²) >= 11 is 1.65. The number of para-hydroxylation sites is 1. The maximum atomic E-state index is 13.3. The monoisotopic (exact) mass is 348 g/mol. The van der Waals surface area contributed by atoms with Crippen molar-refractivity contribution in [3.8, 4) is 0 Å². The van der Waals surface area contributed by atoms with E-state index in [0.29, 0.717) is 0 Å². The smallest absolute Gasteiger partial charge is 0.196 e. The van der Waals surface area contributed by atoms with Gasteiger partial charge in [0, 0.05) is 22.0 Å². The molecule has 0 atom stereocenters. The molecule has 1 N–H and O–H groups in total. The number of aromatic nitrogens is 1. The van der Waals surface area contributed by atoms with Gasteiger partial charge in [-0.3, -0.25) is 4.79 Å². The zero-order valence-electron chi connectivity index (χ0n) is 14.4. The van der Waals surface area contributed by atoms with E-state index in [0.717, 1.165) is 61.8 Å². The molecule has 4 aromatic rings. The second kappa shape index (κ2) is 6.45. The van der Waals surface area contributed by atoms with Crippen LogP contribution < -0.4 is 10.7 Å². The minimum Gasteiger partial charge on any atom is -0.369 e. The second-order valence-corrected chi connectivity index (χ2v) is 7.45. The zero-order chi connectivity index (χ0) is 17.4. The Labute approximate surface area is 150 Å². The molecule has 2 aromatic carbocycles. The molecule has 4 heteroatoms. The molecular formula is C21H20N2OS. The summed E-state index contributed by atoms with van der Waals surface area (Å²) in [5.41, 5.74) is 2.07. The van der Waals surface area contributed by atoms with E-state index in [1.54, 1.807) is 11.3 Å². The number of anilines is 1. The normalized spacial score (nSPS) is 11.4. The van der Waals surface area contributed by atoms with Crippen LogP contribution in [0.2, 0.25) is 0 Å². The molecule has 0 saturated heterocycles. The maximum absolute atomic E-state index is 13.3. The van der Waals surface area contributed by atoms with Gasteiger partial charge in [0.05, 0.1) is 15.6 Å². The van der Waals surface area contributed by atoms with Gasteiger partial charge in [-0.2, -0.15) is 0 Å². The van der Waals surface area contributed by atoms with Gasteiger partial charge >= 0.3 is 0 Å². The highest BCUT2D eigenvalue weighted by atomic mass is 32.1. The molecular weight excluding hydrogens is 328 g/mol. The van der Waals surface area contributed by atoms with Crippen molar-refractivity contribution in [2.75, 3.05) is 11.9 Å². The number of hydrogen-bond donors (Lipinski definition) is 1. The zero-order valence-corrected chi connectivity index (χ0v) is 15.2. The number of rotatable bonds is 4. The number of hydrogen-bond acceptors (Lipinski definition) is 4. The number of pyridine rings is 1. The molecule has 25 heavy (non-hydrogen) atoms. The summed E-state index contributed by atoms with van der Waals surface area (Å²) in [5.74, 6) is 0.826. The van der Waals surface area contributed by atoms with E-state index >= 15 is 0 Å². The summed E-state index contributed by atoms with van der Waals surface area (Å²) in [6, 6.07) is 14.0. The predicted molar refractivity (Wildman–Crippen MR) is 109 cm³/mol. The molecule has 0 spiro atoms. The van der Waals surface area contributed by atoms with Crippen LogP contribution in [-0.2, 0) is 0 Å². The Morgan fingerprint density at radius 2 is 1.96 bits per heavy atom. The lowest BCUT2D eigenvalue weighted by Gasteiger charge is -2.11. The van der Waals surface area contributed by atoms with Gasteiger partial charge in [0.2, 0.25) is 0 Å². The quantitative estimate of drug-likeness (QED) is 0.301. The number of aryl methyl sites for hydroxylation is 1. The van der Waals surface area contributed by atoms with Gasteiger partial charge in [-0.05, 0) is 31.5 Å². The summed E-state index contributed by atoms with van der Waals surface area (Å²) in [4.78, 5) is 18.1. The minimum absolute atomic E-state index is 0.101. The molecule has 0 bridgehead atoms. The summed E-state index contributed by atoms with van der Waals surface area (Å²) in [7, 11) is 0. The molecule has 0 aliphatic heterocycles. The van der Waals surface area contributed by atoms with Crippen molar-refractivity contribution >= 4 is 48.2 Å². The number of nitrogens with one attached hydrogen (secondary N) is 1. The molecule has 0 amide bonds. The van der Waals surface area contributed by atoms with Crippen LogP contribution in [0.3, 0.4) is 0 Å². The third kappa shape index (κ3) is 2.76. The third-order valence-corrected chi connectivity index (χ3v) is 5.67. The Balaban J connectivity index is 2.12. The number of nitrogens with zero attached hydrogens (tertiary/aromatic N) is 1. The van der Waals surface area contributed by atoms with Crippen LogP contribution >= 0.6 is 11.3 Å². The van der Waals surface area contributed by atoms with Crippen molar-refractivity contribution in [1.82, 2.24) is 4.98 Å². The van der Waals surface area contributed by atoms with E-state index < -0.39 is 0 Å². The van der Waals surface area contributed by atoms with E-state index in [9.17, 15) is 4.79 Å². The fourth-order valence-electron chi connectivity index (χ4n) is 3.18. The van der Waals surface area contributed by atoms with Crippen LogP contribution in [0.5, 0.6) is 0 Å². The first-order chi connectivity index (χ1) is 12.2. The number of benzene rings is 2. The average Bonchev–Trinajstić information content (AvgIpc) is 2.62. The molecule has 126 valence electrons. The van der Waals surface area contributed by atoms with Crippen molar-refractivity contribution in [1.29, 1.82) is 0 Å². The first-order valence-corrected chi connectivity index (χ1v) is 9.50. The Morgan fingerprint density at radius 3 is 2.80 bits per heavy atom. The highest BCUT2D eigenvalue weighted by Gasteiger charge is 2.14. The first-order valence-electron chi connectivity index (χ1n) is 8.69. The molecule has 0 saturated carbocycles. The summed E-state index contributed by atoms with van der Waals surface area (Å²) in [5, 5.41) is 5.96. The highest BCUT2D eigenvalue weighted by Crippen LogP contribution is 2.34. The molecule has 3 nitrogen and oxygen atoms in total. The highest BCUT2D eigenvalue weighted by molar-refractivity contribution is 7.25. The van der Waals surface area contributed by atoms with E-state index in [4.69, 9.17) is 4.98 Å². The lowest BCUT2D eigenvalue weighted by atomic mass is 10.1. The molecule has 0 aliphatic carbocycles. The van der Waals surface area contributed by atoms with Gasteiger partial charge in [-0.15, -0.1) is 11.3 Å². The van der Waals surface area contributed by atoms with Gasteiger partial charge in [-0.25, -0.2) is 4.98 Å². The molecule has 0 fully saturated rings. The summed E-state index contributed by atoms with van der Waals surface area (Å²) < 4.78 is 1.97. The fraction of sp³-hybridized carbons (Fsp3) is 0.238. The van der Waals surface area contributed by atoms with Crippen molar-refractivity contribution in [2.24, 2.45) is 0 Å². The lowest BCUT2D eigenvalue weighted by molar-refractivity contribution is 0.832. The van der Waals surface area contributed by atoms with Gasteiger partial charge in [0.1, 0.15) is 5.82 Å². The van der Waals surface area contributed by atoms with Gasteiger partial charge in [0.25, 0.3) is 0 Å². The van der Waals surface area contributed by atoms with Crippen molar-refractivity contribution < 1.29 is 0 Å². The molecule has 2 aromatic heterocycles. The number of fused-ring (bicyclic) bond motifs is 4. The Hall–Kier alpha value is -2.46. The van der Waals surface area contributed by atoms with Crippen LogP contribution in [0.1, 0.15) is 25.3 Å². The third-order valence-electron chi connectivity index (χ3n) is 4.49. The van der Waals surface area contributed by atoms with Gasteiger partial charge in [-0.1, -0.05) is 43.2 Å². The standard InChI is InChI=1S/C21H20N2OS/c1-3-4-11-22-21-20-18(14-7-5-6-8-16(14)23-21)19(24)15-12-13(2)9-10-17(15)25-20/h5-10,12H,3-4,11H2,1-2H3,(H,22,23). The van der Waals surface area contributed by atoms with Gasteiger partial charge < -0.3 is 5.32 Å². The van der Waals surface area contributed by atoms with E-state index in [2.05, 4.69) is 18.3 Å². The van der Waals surface area contributed by atoms with Crippen LogP contribution in [0, 0.1) is 6.92 Å².